The van der Waals surface area contributed by atoms with Gasteiger partial charge in [0.1, 0.15) is 12.4 Å². The van der Waals surface area contributed by atoms with Crippen molar-refractivity contribution in [2.75, 3.05) is 11.3 Å². The number of anilines is 1. The third-order valence-corrected chi connectivity index (χ3v) is 5.98. The summed E-state index contributed by atoms with van der Waals surface area (Å²) in [5, 5.41) is 0. The molecular formula is C22H18FN3O6S. The summed E-state index contributed by atoms with van der Waals surface area (Å²) in [5.41, 5.74) is 4.62. The largest absolute Gasteiger partial charge is 0.485 e. The molecule has 0 aliphatic carbocycles. The lowest BCUT2D eigenvalue weighted by Crippen LogP contribution is -2.50. The number of sulfonamides is 1. The molecule has 0 bridgehead atoms. The van der Waals surface area contributed by atoms with Gasteiger partial charge in [-0.1, -0.05) is 18.2 Å². The summed E-state index contributed by atoms with van der Waals surface area (Å²) < 4.78 is 51.6. The van der Waals surface area contributed by atoms with Gasteiger partial charge in [0, 0.05) is 11.3 Å². The summed E-state index contributed by atoms with van der Waals surface area (Å²) in [6, 6.07) is 16.8. The molecule has 3 aromatic carbocycles. The molecule has 0 radical (unpaired) electrons. The topological polar surface area (TPSA) is 123 Å². The van der Waals surface area contributed by atoms with E-state index in [4.69, 9.17) is 9.47 Å². The van der Waals surface area contributed by atoms with Crippen molar-refractivity contribution in [1.29, 1.82) is 0 Å². The van der Waals surface area contributed by atoms with E-state index in [0.29, 0.717) is 11.5 Å². The average Bonchev–Trinajstić information content (AvgIpc) is 2.83. The highest BCUT2D eigenvalue weighted by Gasteiger charge is 2.27. The summed E-state index contributed by atoms with van der Waals surface area (Å²) in [6.07, 6.45) is -0.980. The van der Waals surface area contributed by atoms with Gasteiger partial charge >= 0.3 is 0 Å². The van der Waals surface area contributed by atoms with Gasteiger partial charge in [-0.3, -0.25) is 25.2 Å². The molecule has 9 nitrogen and oxygen atoms in total. The van der Waals surface area contributed by atoms with E-state index in [1.807, 2.05) is 0 Å². The molecule has 0 spiro atoms. The molecule has 2 amide bonds. The minimum absolute atomic E-state index is 0.0107. The van der Waals surface area contributed by atoms with Gasteiger partial charge in [0.15, 0.2) is 11.5 Å². The second kappa shape index (κ2) is 9.17. The number of para-hydroxylation sites is 2. The lowest BCUT2D eigenvalue weighted by Gasteiger charge is -2.25. The van der Waals surface area contributed by atoms with Crippen molar-refractivity contribution >= 4 is 27.5 Å². The third-order valence-electron chi connectivity index (χ3n) is 4.60. The molecule has 3 N–H and O–H groups in total. The maximum absolute atomic E-state index is 13.0. The van der Waals surface area contributed by atoms with Crippen molar-refractivity contribution in [3.05, 3.63) is 84.2 Å². The van der Waals surface area contributed by atoms with E-state index in [1.54, 1.807) is 24.3 Å². The summed E-state index contributed by atoms with van der Waals surface area (Å²) in [5.74, 6) is -0.966. The van der Waals surface area contributed by atoms with Crippen LogP contribution in [0, 0.1) is 5.82 Å². The second-order valence-corrected chi connectivity index (χ2v) is 8.63. The second-order valence-electron chi connectivity index (χ2n) is 6.95. The number of hydrogen-bond acceptors (Lipinski definition) is 6. The normalized spacial score (nSPS) is 14.8. The van der Waals surface area contributed by atoms with Crippen LogP contribution in [0.1, 0.15) is 10.4 Å². The zero-order chi connectivity index (χ0) is 23.4. The smallest absolute Gasteiger partial charge is 0.283 e. The van der Waals surface area contributed by atoms with Crippen molar-refractivity contribution in [1.82, 2.24) is 10.9 Å². The molecule has 1 atom stereocenters. The fourth-order valence-electron chi connectivity index (χ4n) is 2.96. The van der Waals surface area contributed by atoms with Gasteiger partial charge in [-0.05, 0) is 54.6 Å². The van der Waals surface area contributed by atoms with Crippen LogP contribution in [0.5, 0.6) is 11.5 Å². The van der Waals surface area contributed by atoms with Crippen molar-refractivity contribution in [3.8, 4) is 11.5 Å². The van der Waals surface area contributed by atoms with Gasteiger partial charge in [0.25, 0.3) is 21.8 Å². The zero-order valence-electron chi connectivity index (χ0n) is 16.9. The molecule has 0 unspecified atom stereocenters. The number of rotatable bonds is 5. The molecule has 0 fully saturated rings. The van der Waals surface area contributed by atoms with Crippen molar-refractivity contribution in [3.63, 3.8) is 0 Å². The van der Waals surface area contributed by atoms with Crippen LogP contribution in [0.3, 0.4) is 0 Å². The van der Waals surface area contributed by atoms with Crippen molar-refractivity contribution in [2.24, 2.45) is 0 Å². The molecule has 0 aromatic heterocycles. The Balaban J connectivity index is 1.38. The standard InChI is InChI=1S/C22H18FN3O6S/c23-15-8-10-16(11-9-15)26-33(29,30)17-5-3-4-14(12-17)21(27)24-25-22(28)20-13-31-18-6-1-2-7-19(18)32-20/h1-12,20,26H,13H2,(H,24,27)(H,25,28)/t20-/m1/s1. The number of carbonyl (C=O) groups excluding carboxylic acids is 2. The van der Waals surface area contributed by atoms with Crippen LogP contribution in [-0.4, -0.2) is 32.9 Å². The van der Waals surface area contributed by atoms with E-state index in [9.17, 15) is 22.4 Å². The lowest BCUT2D eigenvalue weighted by atomic mass is 10.2. The Morgan fingerprint density at radius 3 is 2.39 bits per heavy atom. The highest BCUT2D eigenvalue weighted by molar-refractivity contribution is 7.92. The van der Waals surface area contributed by atoms with Crippen LogP contribution in [0.25, 0.3) is 0 Å². The molecule has 1 heterocycles. The molecule has 11 heteroatoms. The first-order valence-electron chi connectivity index (χ1n) is 9.69. The van der Waals surface area contributed by atoms with Crippen LogP contribution in [0.2, 0.25) is 0 Å². The van der Waals surface area contributed by atoms with E-state index >= 15 is 0 Å². The lowest BCUT2D eigenvalue weighted by molar-refractivity contribution is -0.131. The molecular weight excluding hydrogens is 453 g/mol. The Labute approximate surface area is 188 Å². The quantitative estimate of drug-likeness (QED) is 0.491. The van der Waals surface area contributed by atoms with Gasteiger partial charge in [0.2, 0.25) is 6.10 Å². The fraction of sp³-hybridized carbons (Fsp3) is 0.0909. The Hall–Kier alpha value is -4.12. The maximum Gasteiger partial charge on any atom is 0.283 e. The Bertz CT molecular complexity index is 1300. The van der Waals surface area contributed by atoms with Crippen LogP contribution >= 0.6 is 0 Å². The SMILES string of the molecule is O=C(NNC(=O)[C@H]1COc2ccccc2O1)c1cccc(S(=O)(=O)Nc2ccc(F)cc2)c1. The van der Waals surface area contributed by atoms with Crippen LogP contribution in [0.15, 0.2) is 77.7 Å². The Morgan fingerprint density at radius 2 is 1.64 bits per heavy atom. The molecule has 0 saturated carbocycles. The van der Waals surface area contributed by atoms with Gasteiger partial charge in [0.05, 0.1) is 4.90 Å². The number of halogens is 1. The minimum atomic E-state index is -4.04. The highest BCUT2D eigenvalue weighted by Crippen LogP contribution is 2.30. The van der Waals surface area contributed by atoms with E-state index in [-0.39, 0.29) is 22.8 Å². The summed E-state index contributed by atoms with van der Waals surface area (Å²) in [4.78, 5) is 24.6. The number of benzene rings is 3. The van der Waals surface area contributed by atoms with E-state index in [0.717, 1.165) is 18.2 Å². The molecule has 1 aliphatic heterocycles. The molecule has 3 aromatic rings. The molecule has 4 rings (SSSR count). The number of amides is 2. The van der Waals surface area contributed by atoms with Gasteiger partial charge in [-0.25, -0.2) is 12.8 Å². The zero-order valence-corrected chi connectivity index (χ0v) is 17.8. The first kappa shape index (κ1) is 22.1. The number of hydrazine groups is 1. The first-order chi connectivity index (χ1) is 15.8. The van der Waals surface area contributed by atoms with E-state index in [2.05, 4.69) is 15.6 Å². The average molecular weight is 471 g/mol. The van der Waals surface area contributed by atoms with E-state index in [1.165, 1.54) is 30.3 Å². The van der Waals surface area contributed by atoms with Crippen LogP contribution in [0.4, 0.5) is 10.1 Å². The van der Waals surface area contributed by atoms with Crippen LogP contribution in [-0.2, 0) is 14.8 Å². The number of nitrogens with one attached hydrogen (secondary N) is 3. The number of fused-ring (bicyclic) bond motifs is 1. The van der Waals surface area contributed by atoms with Crippen molar-refractivity contribution in [2.45, 2.75) is 11.0 Å². The summed E-state index contributed by atoms with van der Waals surface area (Å²) in [6.45, 7) is -0.0402. The van der Waals surface area contributed by atoms with Gasteiger partial charge in [-0.2, -0.15) is 0 Å². The third kappa shape index (κ3) is 5.21. The van der Waals surface area contributed by atoms with Gasteiger partial charge in [-0.15, -0.1) is 0 Å². The Morgan fingerprint density at radius 1 is 0.909 bits per heavy atom. The van der Waals surface area contributed by atoms with E-state index < -0.39 is 33.8 Å². The first-order valence-corrected chi connectivity index (χ1v) is 11.2. The summed E-state index contributed by atoms with van der Waals surface area (Å²) >= 11 is 0. The molecule has 0 saturated heterocycles. The van der Waals surface area contributed by atoms with Gasteiger partial charge < -0.3 is 9.47 Å². The Kier molecular flexibility index (Phi) is 6.13. The highest BCUT2D eigenvalue weighted by atomic mass is 32.2. The minimum Gasteiger partial charge on any atom is -0.485 e. The number of ether oxygens (including phenoxy) is 2. The van der Waals surface area contributed by atoms with Crippen LogP contribution < -0.4 is 25.0 Å². The maximum atomic E-state index is 13.0. The predicted molar refractivity (Wildman–Crippen MR) is 116 cm³/mol. The summed E-state index contributed by atoms with van der Waals surface area (Å²) in [7, 11) is -4.04. The molecule has 1 aliphatic rings. The molecule has 170 valence electrons. The number of carbonyl (C=O) groups is 2. The predicted octanol–water partition coefficient (Wildman–Crippen LogP) is 2.23. The monoisotopic (exact) mass is 471 g/mol. The molecule has 33 heavy (non-hydrogen) atoms. The van der Waals surface area contributed by atoms with Crippen molar-refractivity contribution < 1.29 is 31.9 Å². The fourth-order valence-corrected chi connectivity index (χ4v) is 4.06. The number of hydrogen-bond donors (Lipinski definition) is 3.